The number of ether oxygens (including phenoxy) is 1. The van der Waals surface area contributed by atoms with Gasteiger partial charge in [0.25, 0.3) is 0 Å². The van der Waals surface area contributed by atoms with Gasteiger partial charge in [-0.15, -0.1) is 0 Å². The van der Waals surface area contributed by atoms with Crippen molar-refractivity contribution in [3.05, 3.63) is 60.1 Å². The molecule has 0 fully saturated rings. The van der Waals surface area contributed by atoms with E-state index >= 15 is 0 Å². The number of thiazole rings is 1. The number of benzene rings is 2. The number of halogens is 1. The van der Waals surface area contributed by atoms with Gasteiger partial charge in [-0.25, -0.2) is 14.2 Å². The maximum Gasteiger partial charge on any atom is 0.328 e. The van der Waals surface area contributed by atoms with Crippen LogP contribution in [0, 0.1) is 11.7 Å². The van der Waals surface area contributed by atoms with Crippen molar-refractivity contribution in [2.45, 2.75) is 19.9 Å². The minimum atomic E-state index is -0.583. The first-order chi connectivity index (χ1) is 15.8. The Morgan fingerprint density at radius 2 is 1.94 bits per heavy atom. The lowest BCUT2D eigenvalue weighted by Crippen LogP contribution is -2.44. The largest absolute Gasteiger partial charge is 0.467 e. The fourth-order valence-corrected chi connectivity index (χ4v) is 4.29. The number of nitrogens with one attached hydrogen (secondary N) is 2. The van der Waals surface area contributed by atoms with Crippen molar-refractivity contribution in [3.8, 4) is 11.3 Å². The molecule has 0 spiro atoms. The van der Waals surface area contributed by atoms with Crippen LogP contribution in [0.2, 0.25) is 0 Å². The second-order valence-corrected chi connectivity index (χ2v) is 9.07. The maximum atomic E-state index is 13.4. The second kappa shape index (κ2) is 9.63. The number of nitrogens with zero attached hydrogens (tertiary/aromatic N) is 2. The fourth-order valence-electron chi connectivity index (χ4n) is 3.16. The van der Waals surface area contributed by atoms with E-state index in [4.69, 9.17) is 21.5 Å². The molecule has 0 amide bonds. The van der Waals surface area contributed by atoms with Crippen LogP contribution < -0.4 is 10.6 Å². The summed E-state index contributed by atoms with van der Waals surface area (Å²) in [6.07, 6.45) is 0. The molecule has 33 heavy (non-hydrogen) atoms. The van der Waals surface area contributed by atoms with E-state index in [0.717, 1.165) is 21.5 Å². The lowest BCUT2D eigenvalue weighted by molar-refractivity contribution is -0.143. The van der Waals surface area contributed by atoms with Gasteiger partial charge in [0.2, 0.25) is 0 Å². The summed E-state index contributed by atoms with van der Waals surface area (Å²) in [6.45, 7) is 3.79. The van der Waals surface area contributed by atoms with Gasteiger partial charge in [-0.2, -0.15) is 0 Å². The summed E-state index contributed by atoms with van der Waals surface area (Å²) in [5.74, 6) is -0.340. The number of carbonyl (C=O) groups is 1. The van der Waals surface area contributed by atoms with E-state index in [0.29, 0.717) is 16.6 Å². The van der Waals surface area contributed by atoms with Crippen LogP contribution in [-0.2, 0) is 9.53 Å². The number of esters is 1. The van der Waals surface area contributed by atoms with Crippen molar-refractivity contribution in [1.29, 1.82) is 0 Å². The normalized spacial score (nSPS) is 12.0. The molecule has 0 saturated carbocycles. The molecule has 1 atom stereocenters. The lowest BCUT2D eigenvalue weighted by atomic mass is 10.0. The molecule has 0 aliphatic heterocycles. The lowest BCUT2D eigenvalue weighted by Gasteiger charge is -2.20. The van der Waals surface area contributed by atoms with Gasteiger partial charge in [-0.1, -0.05) is 54.7 Å². The summed E-state index contributed by atoms with van der Waals surface area (Å²) in [7, 11) is 1.34. The monoisotopic (exact) mass is 484 g/mol. The smallest absolute Gasteiger partial charge is 0.328 e. The van der Waals surface area contributed by atoms with E-state index in [1.165, 1.54) is 30.6 Å². The maximum absolute atomic E-state index is 13.4. The van der Waals surface area contributed by atoms with E-state index in [9.17, 15) is 9.18 Å². The van der Waals surface area contributed by atoms with Crippen LogP contribution in [0.5, 0.6) is 0 Å². The Balaban J connectivity index is 1.45. The van der Waals surface area contributed by atoms with Crippen LogP contribution >= 0.6 is 23.6 Å². The number of fused-ring (bicyclic) bond motifs is 1. The third-order valence-electron chi connectivity index (χ3n) is 4.92. The van der Waals surface area contributed by atoms with Crippen LogP contribution in [0.25, 0.3) is 21.5 Å². The van der Waals surface area contributed by atoms with E-state index in [2.05, 4.69) is 20.8 Å². The SMILES string of the molecule is COC(=O)[C@@H](NC(=S)c1cc(-c2ccc(Nc3nc4ccc(F)cc4s3)cc2)no1)C(C)C. The van der Waals surface area contributed by atoms with Crippen molar-refractivity contribution >= 4 is 55.5 Å². The number of carbonyl (C=O) groups excluding carboxylic acids is 1. The Morgan fingerprint density at radius 3 is 2.64 bits per heavy atom. The Bertz CT molecular complexity index is 1300. The molecule has 0 radical (unpaired) electrons. The first-order valence-electron chi connectivity index (χ1n) is 10.1. The van der Waals surface area contributed by atoms with Gasteiger partial charge in [-0.3, -0.25) is 0 Å². The zero-order chi connectivity index (χ0) is 23.5. The van der Waals surface area contributed by atoms with E-state index in [-0.39, 0.29) is 16.7 Å². The van der Waals surface area contributed by atoms with Crippen LogP contribution in [0.15, 0.2) is 53.1 Å². The molecule has 4 aromatic rings. The summed E-state index contributed by atoms with van der Waals surface area (Å²) in [5.41, 5.74) is 3.01. The van der Waals surface area contributed by atoms with E-state index in [1.54, 1.807) is 12.1 Å². The number of aromatic nitrogens is 2. The molecule has 0 bridgehead atoms. The average Bonchev–Trinajstić information content (AvgIpc) is 3.44. The Labute approximate surface area is 199 Å². The zero-order valence-electron chi connectivity index (χ0n) is 18.1. The van der Waals surface area contributed by atoms with Gasteiger partial charge < -0.3 is 19.9 Å². The zero-order valence-corrected chi connectivity index (χ0v) is 19.7. The van der Waals surface area contributed by atoms with Gasteiger partial charge in [0.15, 0.2) is 10.9 Å². The molecule has 10 heteroatoms. The van der Waals surface area contributed by atoms with Crippen LogP contribution in [0.4, 0.5) is 15.2 Å². The highest BCUT2D eigenvalue weighted by Crippen LogP contribution is 2.30. The molecule has 170 valence electrons. The number of methoxy groups -OCH3 is 1. The summed E-state index contributed by atoms with van der Waals surface area (Å²) in [6, 6.07) is 13.2. The summed E-state index contributed by atoms with van der Waals surface area (Å²) >= 11 is 6.76. The van der Waals surface area contributed by atoms with Crippen LogP contribution in [0.3, 0.4) is 0 Å². The number of rotatable bonds is 7. The van der Waals surface area contributed by atoms with Gasteiger partial charge in [0.1, 0.15) is 22.5 Å². The van der Waals surface area contributed by atoms with Crippen LogP contribution in [-0.4, -0.2) is 34.3 Å². The standard InChI is InChI=1S/C23H21FN4O3S2/c1-12(2)20(22(29)30-3)27-21(32)18-11-17(28-31-18)13-4-7-15(8-5-13)25-23-26-16-9-6-14(24)10-19(16)33-23/h4-12,20H,1-3H3,(H,25,26)(H,27,32)/t20-/m0/s1. The van der Waals surface area contributed by atoms with Crippen molar-refractivity contribution in [2.24, 2.45) is 5.92 Å². The number of hydrogen-bond donors (Lipinski definition) is 2. The molecular formula is C23H21FN4O3S2. The Kier molecular flexibility index (Phi) is 6.66. The first kappa shape index (κ1) is 22.8. The predicted octanol–water partition coefficient (Wildman–Crippen LogP) is 5.30. The highest BCUT2D eigenvalue weighted by Gasteiger charge is 2.25. The highest BCUT2D eigenvalue weighted by molar-refractivity contribution is 7.80. The van der Waals surface area contributed by atoms with Crippen molar-refractivity contribution in [2.75, 3.05) is 12.4 Å². The molecule has 2 heterocycles. The minimum Gasteiger partial charge on any atom is -0.467 e. The van der Waals surface area contributed by atoms with Crippen molar-refractivity contribution in [3.63, 3.8) is 0 Å². The third-order valence-corrected chi connectivity index (χ3v) is 6.18. The van der Waals surface area contributed by atoms with Gasteiger partial charge in [0.05, 0.1) is 17.3 Å². The molecule has 2 N–H and O–H groups in total. The van der Waals surface area contributed by atoms with Gasteiger partial charge in [0, 0.05) is 17.3 Å². The Hall–Kier alpha value is -3.37. The average molecular weight is 485 g/mol. The highest BCUT2D eigenvalue weighted by atomic mass is 32.1. The van der Waals surface area contributed by atoms with E-state index < -0.39 is 12.0 Å². The quantitative estimate of drug-likeness (QED) is 0.270. The molecule has 2 aromatic heterocycles. The molecule has 4 rings (SSSR count). The molecule has 7 nitrogen and oxygen atoms in total. The first-order valence-corrected chi connectivity index (χ1v) is 11.4. The summed E-state index contributed by atoms with van der Waals surface area (Å²) in [4.78, 5) is 16.7. The minimum absolute atomic E-state index is 0.0210. The number of thiocarbonyl (C=S) groups is 1. The molecule has 0 aliphatic carbocycles. The number of hydrogen-bond acceptors (Lipinski definition) is 8. The molecule has 2 aromatic carbocycles. The Morgan fingerprint density at radius 1 is 1.18 bits per heavy atom. The second-order valence-electron chi connectivity index (χ2n) is 7.63. The van der Waals surface area contributed by atoms with Gasteiger partial charge in [-0.05, 0) is 36.2 Å². The third kappa shape index (κ3) is 5.18. The topological polar surface area (TPSA) is 89.3 Å². The molecule has 0 saturated heterocycles. The molecule has 0 aliphatic rings. The number of anilines is 2. The van der Waals surface area contributed by atoms with E-state index in [1.807, 2.05) is 38.1 Å². The summed E-state index contributed by atoms with van der Waals surface area (Å²) < 4.78 is 24.4. The molecular weight excluding hydrogens is 463 g/mol. The van der Waals surface area contributed by atoms with Gasteiger partial charge >= 0.3 is 5.97 Å². The molecule has 0 unspecified atom stereocenters. The van der Waals surface area contributed by atoms with Crippen molar-refractivity contribution < 1.29 is 18.4 Å². The van der Waals surface area contributed by atoms with Crippen LogP contribution in [0.1, 0.15) is 19.6 Å². The predicted molar refractivity (Wildman–Crippen MR) is 130 cm³/mol. The van der Waals surface area contributed by atoms with Crippen molar-refractivity contribution in [1.82, 2.24) is 15.5 Å². The fraction of sp³-hybridized carbons (Fsp3) is 0.217. The summed E-state index contributed by atoms with van der Waals surface area (Å²) in [5, 5.41) is 11.0.